The molecule has 4 nitrogen and oxygen atoms in total. The van der Waals surface area contributed by atoms with Crippen LogP contribution in [0.1, 0.15) is 33.6 Å². The summed E-state index contributed by atoms with van der Waals surface area (Å²) in [5.74, 6) is 0.903. The Labute approximate surface area is 114 Å². The molecule has 4 heteroatoms. The predicted molar refractivity (Wildman–Crippen MR) is 76.5 cm³/mol. The monoisotopic (exact) mass is 262 g/mol. The van der Waals surface area contributed by atoms with Crippen LogP contribution in [0.15, 0.2) is 24.3 Å². The first-order chi connectivity index (χ1) is 9.04. The molecule has 0 saturated heterocycles. The van der Waals surface area contributed by atoms with Crippen molar-refractivity contribution in [1.82, 2.24) is 5.32 Å². The van der Waals surface area contributed by atoms with Crippen LogP contribution in [-0.4, -0.2) is 24.1 Å². The molecule has 2 N–H and O–H groups in total. The molecular weight excluding hydrogens is 240 g/mol. The van der Waals surface area contributed by atoms with Crippen LogP contribution in [0.25, 0.3) is 0 Å². The van der Waals surface area contributed by atoms with Crippen molar-refractivity contribution in [2.24, 2.45) is 0 Å². The summed E-state index contributed by atoms with van der Waals surface area (Å²) in [7, 11) is 0. The lowest BCUT2D eigenvalue weighted by Gasteiger charge is -2.16. The van der Waals surface area contributed by atoms with Crippen molar-refractivity contribution in [2.75, 3.05) is 5.32 Å². The van der Waals surface area contributed by atoms with E-state index in [0.29, 0.717) is 6.04 Å². The zero-order valence-corrected chi connectivity index (χ0v) is 11.8. The average Bonchev–Trinajstić information content (AvgIpc) is 3.14. The molecule has 1 aliphatic carbocycles. The molecule has 1 aliphatic rings. The van der Waals surface area contributed by atoms with Gasteiger partial charge in [0.2, 0.25) is 5.91 Å². The zero-order valence-electron chi connectivity index (χ0n) is 11.8. The van der Waals surface area contributed by atoms with Gasteiger partial charge in [0.1, 0.15) is 11.8 Å². The maximum atomic E-state index is 11.8. The molecule has 1 aromatic carbocycles. The summed E-state index contributed by atoms with van der Waals surface area (Å²) in [5.41, 5.74) is 0.926. The largest absolute Gasteiger partial charge is 0.491 e. The molecule has 0 aromatic heterocycles. The zero-order chi connectivity index (χ0) is 13.8. The van der Waals surface area contributed by atoms with Gasteiger partial charge in [-0.05, 0) is 57.9 Å². The Morgan fingerprint density at radius 3 is 2.37 bits per heavy atom. The molecule has 1 atom stereocenters. The molecule has 0 bridgehead atoms. The fourth-order valence-electron chi connectivity index (χ4n) is 1.77. The van der Waals surface area contributed by atoms with E-state index in [4.69, 9.17) is 4.74 Å². The Kier molecular flexibility index (Phi) is 4.30. The molecule has 1 aromatic rings. The van der Waals surface area contributed by atoms with Crippen LogP contribution in [0.4, 0.5) is 5.69 Å². The number of ether oxygens (including phenoxy) is 1. The lowest BCUT2D eigenvalue weighted by Crippen LogP contribution is -2.38. The van der Waals surface area contributed by atoms with E-state index in [2.05, 4.69) is 10.6 Å². The van der Waals surface area contributed by atoms with Gasteiger partial charge < -0.3 is 15.4 Å². The number of nitrogens with one attached hydrogen (secondary N) is 2. The van der Waals surface area contributed by atoms with Crippen LogP contribution in [0.3, 0.4) is 0 Å². The highest BCUT2D eigenvalue weighted by molar-refractivity contribution is 5.84. The highest BCUT2D eigenvalue weighted by Gasteiger charge is 2.25. The van der Waals surface area contributed by atoms with Crippen molar-refractivity contribution in [2.45, 2.75) is 51.8 Å². The molecule has 1 amide bonds. The normalized spacial score (nSPS) is 16.0. The van der Waals surface area contributed by atoms with E-state index in [1.54, 1.807) is 0 Å². The van der Waals surface area contributed by atoms with Gasteiger partial charge in [-0.15, -0.1) is 0 Å². The standard InChI is InChI=1S/C15H22N2O2/c1-10(2)19-14-8-6-12(7-9-14)16-11(3)15(18)17-13-4-5-13/h6-11,13,16H,4-5H2,1-3H3,(H,17,18). The topological polar surface area (TPSA) is 50.4 Å². The van der Waals surface area contributed by atoms with Crippen LogP contribution in [0.5, 0.6) is 5.75 Å². The summed E-state index contributed by atoms with van der Waals surface area (Å²) in [6.07, 6.45) is 2.39. The van der Waals surface area contributed by atoms with Gasteiger partial charge in [0.15, 0.2) is 0 Å². The maximum absolute atomic E-state index is 11.8. The molecule has 1 fully saturated rings. The Hall–Kier alpha value is -1.71. The molecule has 104 valence electrons. The first-order valence-electron chi connectivity index (χ1n) is 6.88. The van der Waals surface area contributed by atoms with Crippen molar-refractivity contribution in [3.05, 3.63) is 24.3 Å². The third kappa shape index (κ3) is 4.47. The smallest absolute Gasteiger partial charge is 0.242 e. The van der Waals surface area contributed by atoms with Gasteiger partial charge in [0.05, 0.1) is 6.10 Å². The number of amides is 1. The second-order valence-electron chi connectivity index (χ2n) is 5.34. The van der Waals surface area contributed by atoms with Crippen LogP contribution in [-0.2, 0) is 4.79 Å². The summed E-state index contributed by atoms with van der Waals surface area (Å²) in [4.78, 5) is 11.8. The number of hydrogen-bond donors (Lipinski definition) is 2. The maximum Gasteiger partial charge on any atom is 0.242 e. The van der Waals surface area contributed by atoms with E-state index in [1.165, 1.54) is 0 Å². The second-order valence-corrected chi connectivity index (χ2v) is 5.34. The van der Waals surface area contributed by atoms with Crippen molar-refractivity contribution in [3.63, 3.8) is 0 Å². The fourth-order valence-corrected chi connectivity index (χ4v) is 1.77. The van der Waals surface area contributed by atoms with Crippen LogP contribution >= 0.6 is 0 Å². The molecule has 0 aliphatic heterocycles. The summed E-state index contributed by atoms with van der Waals surface area (Å²) in [6.45, 7) is 5.86. The summed E-state index contributed by atoms with van der Waals surface area (Å²) in [5, 5.41) is 6.17. The Morgan fingerprint density at radius 1 is 1.21 bits per heavy atom. The van der Waals surface area contributed by atoms with Gasteiger partial charge in [-0.2, -0.15) is 0 Å². The van der Waals surface area contributed by atoms with E-state index >= 15 is 0 Å². The van der Waals surface area contributed by atoms with E-state index < -0.39 is 0 Å². The summed E-state index contributed by atoms with van der Waals surface area (Å²) >= 11 is 0. The van der Waals surface area contributed by atoms with Crippen molar-refractivity contribution >= 4 is 11.6 Å². The quantitative estimate of drug-likeness (QED) is 0.828. The van der Waals surface area contributed by atoms with Gasteiger partial charge >= 0.3 is 0 Å². The number of carbonyl (C=O) groups excluding carboxylic acids is 1. The summed E-state index contributed by atoms with van der Waals surface area (Å²) in [6, 6.07) is 7.86. The van der Waals surface area contributed by atoms with Gasteiger partial charge in [-0.25, -0.2) is 0 Å². The fraction of sp³-hybridized carbons (Fsp3) is 0.533. The third-order valence-corrected chi connectivity index (χ3v) is 2.93. The predicted octanol–water partition coefficient (Wildman–Crippen LogP) is 2.55. The Morgan fingerprint density at radius 2 is 1.84 bits per heavy atom. The average molecular weight is 262 g/mol. The van der Waals surface area contributed by atoms with Gasteiger partial charge in [-0.3, -0.25) is 4.79 Å². The van der Waals surface area contributed by atoms with E-state index in [1.807, 2.05) is 45.0 Å². The van der Waals surface area contributed by atoms with Crippen LogP contribution < -0.4 is 15.4 Å². The first-order valence-corrected chi connectivity index (χ1v) is 6.88. The van der Waals surface area contributed by atoms with Crippen molar-refractivity contribution < 1.29 is 9.53 Å². The molecule has 0 spiro atoms. The first kappa shape index (κ1) is 13.7. The minimum Gasteiger partial charge on any atom is -0.491 e. The van der Waals surface area contributed by atoms with Crippen molar-refractivity contribution in [1.29, 1.82) is 0 Å². The number of anilines is 1. The number of rotatable bonds is 6. The molecule has 1 saturated carbocycles. The second kappa shape index (κ2) is 5.95. The SMILES string of the molecule is CC(C)Oc1ccc(NC(C)C(=O)NC2CC2)cc1. The number of benzene rings is 1. The lowest BCUT2D eigenvalue weighted by atomic mass is 10.2. The molecule has 0 radical (unpaired) electrons. The molecule has 2 rings (SSSR count). The molecule has 1 unspecified atom stereocenters. The Balaban J connectivity index is 1.85. The number of carbonyl (C=O) groups is 1. The summed E-state index contributed by atoms with van der Waals surface area (Å²) < 4.78 is 5.58. The van der Waals surface area contributed by atoms with Gasteiger partial charge in [0.25, 0.3) is 0 Å². The van der Waals surface area contributed by atoms with Crippen LogP contribution in [0, 0.1) is 0 Å². The molecular formula is C15H22N2O2. The minimum atomic E-state index is -0.225. The molecule has 0 heterocycles. The van der Waals surface area contributed by atoms with Gasteiger partial charge in [0, 0.05) is 11.7 Å². The van der Waals surface area contributed by atoms with E-state index in [0.717, 1.165) is 24.3 Å². The van der Waals surface area contributed by atoms with E-state index in [9.17, 15) is 4.79 Å². The lowest BCUT2D eigenvalue weighted by molar-refractivity contribution is -0.121. The minimum absolute atomic E-state index is 0.0602. The Bertz CT molecular complexity index is 424. The van der Waals surface area contributed by atoms with Crippen LogP contribution in [0.2, 0.25) is 0 Å². The highest BCUT2D eigenvalue weighted by Crippen LogP contribution is 2.20. The highest BCUT2D eigenvalue weighted by atomic mass is 16.5. The number of hydrogen-bond acceptors (Lipinski definition) is 3. The molecule has 19 heavy (non-hydrogen) atoms. The third-order valence-electron chi connectivity index (χ3n) is 2.93. The van der Waals surface area contributed by atoms with E-state index in [-0.39, 0.29) is 18.1 Å². The van der Waals surface area contributed by atoms with Gasteiger partial charge in [-0.1, -0.05) is 0 Å². The van der Waals surface area contributed by atoms with Crippen molar-refractivity contribution in [3.8, 4) is 5.75 Å².